The first-order valence-corrected chi connectivity index (χ1v) is 13.5. The number of carbonyl (C=O) groups is 2. The summed E-state index contributed by atoms with van der Waals surface area (Å²) in [6.07, 6.45) is 0.328. The van der Waals surface area contributed by atoms with Gasteiger partial charge in [0.2, 0.25) is 5.91 Å². The molecule has 0 unspecified atom stereocenters. The first-order chi connectivity index (χ1) is 17.8. The summed E-state index contributed by atoms with van der Waals surface area (Å²) in [6.45, 7) is 9.38. The van der Waals surface area contributed by atoms with Crippen molar-refractivity contribution in [3.8, 4) is 5.75 Å². The maximum atomic E-state index is 13.7. The van der Waals surface area contributed by atoms with Crippen LogP contribution in [-0.4, -0.2) is 34.9 Å². The molecule has 0 bridgehead atoms. The Hall–Kier alpha value is -2.73. The van der Waals surface area contributed by atoms with Crippen LogP contribution in [0.3, 0.4) is 0 Å². The molecule has 1 N–H and O–H groups in total. The SMILES string of the molecule is Cc1cc(OCC(=O)N(Cc2ccc(Cl)c(Cl)c2)[C@@H](Cc2ccccc2)C(=O)NC(C)(C)C)cc(C)c1Cl. The van der Waals surface area contributed by atoms with Crippen LogP contribution in [0, 0.1) is 13.8 Å². The van der Waals surface area contributed by atoms with E-state index in [9.17, 15) is 9.59 Å². The number of benzene rings is 3. The van der Waals surface area contributed by atoms with Crippen molar-refractivity contribution in [2.45, 2.75) is 59.2 Å². The maximum Gasteiger partial charge on any atom is 0.261 e. The molecule has 0 aliphatic rings. The van der Waals surface area contributed by atoms with E-state index in [0.29, 0.717) is 27.2 Å². The number of hydrogen-bond acceptors (Lipinski definition) is 3. The molecular weight excluding hydrogens is 543 g/mol. The molecule has 2 amide bonds. The fourth-order valence-corrected chi connectivity index (χ4v) is 4.49. The Morgan fingerprint density at radius 2 is 1.53 bits per heavy atom. The Kier molecular flexibility index (Phi) is 10.1. The van der Waals surface area contributed by atoms with Gasteiger partial charge in [0.05, 0.1) is 10.0 Å². The predicted octanol–water partition coefficient (Wildman–Crippen LogP) is 7.20. The van der Waals surface area contributed by atoms with E-state index >= 15 is 0 Å². The molecule has 0 spiro atoms. The molecule has 0 fully saturated rings. The lowest BCUT2D eigenvalue weighted by atomic mass is 10.0. The summed E-state index contributed by atoms with van der Waals surface area (Å²) < 4.78 is 5.90. The second-order valence-corrected chi connectivity index (χ2v) is 11.6. The number of amides is 2. The van der Waals surface area contributed by atoms with Gasteiger partial charge in [-0.25, -0.2) is 0 Å². The highest BCUT2D eigenvalue weighted by atomic mass is 35.5. The Labute approximate surface area is 240 Å². The number of nitrogens with one attached hydrogen (secondary N) is 1. The summed E-state index contributed by atoms with van der Waals surface area (Å²) in [5.74, 6) is -0.0646. The summed E-state index contributed by atoms with van der Waals surface area (Å²) >= 11 is 18.7. The maximum absolute atomic E-state index is 13.7. The lowest BCUT2D eigenvalue weighted by Gasteiger charge is -2.33. The van der Waals surface area contributed by atoms with Gasteiger partial charge in [0.25, 0.3) is 5.91 Å². The van der Waals surface area contributed by atoms with Gasteiger partial charge in [-0.2, -0.15) is 0 Å². The van der Waals surface area contributed by atoms with Gasteiger partial charge in [-0.05, 0) is 81.1 Å². The fourth-order valence-electron chi connectivity index (χ4n) is 4.06. The third-order valence-electron chi connectivity index (χ3n) is 5.88. The van der Waals surface area contributed by atoms with Crippen molar-refractivity contribution in [3.05, 3.63) is 98.0 Å². The second kappa shape index (κ2) is 12.9. The molecule has 3 aromatic rings. The Balaban J connectivity index is 1.96. The van der Waals surface area contributed by atoms with Crippen molar-refractivity contribution in [2.75, 3.05) is 6.61 Å². The molecule has 0 aromatic heterocycles. The zero-order valence-corrected chi connectivity index (χ0v) is 24.5. The van der Waals surface area contributed by atoms with E-state index in [2.05, 4.69) is 5.32 Å². The van der Waals surface area contributed by atoms with Crippen LogP contribution in [0.4, 0.5) is 0 Å². The molecule has 38 heavy (non-hydrogen) atoms. The molecule has 0 saturated carbocycles. The predicted molar refractivity (Wildman–Crippen MR) is 155 cm³/mol. The van der Waals surface area contributed by atoms with Crippen molar-refractivity contribution in [1.82, 2.24) is 10.2 Å². The zero-order valence-electron chi connectivity index (χ0n) is 22.3. The smallest absolute Gasteiger partial charge is 0.261 e. The number of aryl methyl sites for hydroxylation is 2. The van der Waals surface area contributed by atoms with Crippen LogP contribution in [0.2, 0.25) is 15.1 Å². The van der Waals surface area contributed by atoms with Crippen LogP contribution in [0.5, 0.6) is 5.75 Å². The minimum atomic E-state index is -0.795. The van der Waals surface area contributed by atoms with Crippen LogP contribution < -0.4 is 10.1 Å². The first kappa shape index (κ1) is 29.8. The summed E-state index contributed by atoms with van der Waals surface area (Å²) in [5.41, 5.74) is 2.90. The van der Waals surface area contributed by atoms with Crippen LogP contribution >= 0.6 is 34.8 Å². The van der Waals surface area contributed by atoms with Gasteiger partial charge in [0.1, 0.15) is 11.8 Å². The Bertz CT molecular complexity index is 1270. The van der Waals surface area contributed by atoms with E-state index in [1.54, 1.807) is 35.2 Å². The normalized spacial score (nSPS) is 12.1. The van der Waals surface area contributed by atoms with Crippen LogP contribution in [-0.2, 0) is 22.6 Å². The molecule has 0 aliphatic carbocycles. The molecule has 0 radical (unpaired) electrons. The minimum Gasteiger partial charge on any atom is -0.484 e. The molecule has 1 atom stereocenters. The molecule has 8 heteroatoms. The number of carbonyl (C=O) groups excluding carboxylic acids is 2. The molecule has 0 heterocycles. The summed E-state index contributed by atoms with van der Waals surface area (Å²) in [4.78, 5) is 28.9. The monoisotopic (exact) mass is 574 g/mol. The highest BCUT2D eigenvalue weighted by Gasteiger charge is 2.32. The minimum absolute atomic E-state index is 0.146. The van der Waals surface area contributed by atoms with Crippen LogP contribution in [0.1, 0.15) is 43.0 Å². The van der Waals surface area contributed by atoms with Crippen molar-refractivity contribution >= 4 is 46.6 Å². The van der Waals surface area contributed by atoms with E-state index in [1.165, 1.54) is 0 Å². The van der Waals surface area contributed by atoms with E-state index in [4.69, 9.17) is 39.5 Å². The average Bonchev–Trinajstić information content (AvgIpc) is 2.84. The van der Waals surface area contributed by atoms with Crippen LogP contribution in [0.25, 0.3) is 0 Å². The molecule has 202 valence electrons. The Morgan fingerprint density at radius 1 is 0.895 bits per heavy atom. The average molecular weight is 576 g/mol. The summed E-state index contributed by atoms with van der Waals surface area (Å²) in [7, 11) is 0. The highest BCUT2D eigenvalue weighted by Crippen LogP contribution is 2.27. The summed E-state index contributed by atoms with van der Waals surface area (Å²) in [5, 5.41) is 4.49. The lowest BCUT2D eigenvalue weighted by molar-refractivity contribution is -0.143. The van der Waals surface area contributed by atoms with Gasteiger partial charge in [-0.3, -0.25) is 9.59 Å². The van der Waals surface area contributed by atoms with Gasteiger partial charge in [0.15, 0.2) is 6.61 Å². The lowest BCUT2D eigenvalue weighted by Crippen LogP contribution is -2.55. The van der Waals surface area contributed by atoms with Crippen LogP contribution in [0.15, 0.2) is 60.7 Å². The molecule has 5 nitrogen and oxygen atoms in total. The zero-order chi connectivity index (χ0) is 28.0. The first-order valence-electron chi connectivity index (χ1n) is 12.3. The van der Waals surface area contributed by atoms with E-state index in [-0.39, 0.29) is 25.0 Å². The highest BCUT2D eigenvalue weighted by molar-refractivity contribution is 6.42. The number of rotatable bonds is 9. The van der Waals surface area contributed by atoms with Gasteiger partial charge < -0.3 is 15.0 Å². The fraction of sp³-hybridized carbons (Fsp3) is 0.333. The molecule has 0 saturated heterocycles. The van der Waals surface area contributed by atoms with Gasteiger partial charge >= 0.3 is 0 Å². The van der Waals surface area contributed by atoms with Gasteiger partial charge in [-0.15, -0.1) is 0 Å². The number of halogens is 3. The molecule has 3 aromatic carbocycles. The third-order valence-corrected chi connectivity index (χ3v) is 7.21. The largest absolute Gasteiger partial charge is 0.484 e. The Morgan fingerprint density at radius 3 is 2.11 bits per heavy atom. The number of hydrogen-bond donors (Lipinski definition) is 1. The third kappa shape index (κ3) is 8.39. The number of ether oxygens (including phenoxy) is 1. The van der Waals surface area contributed by atoms with E-state index in [0.717, 1.165) is 22.3 Å². The summed E-state index contributed by atoms with van der Waals surface area (Å²) in [6, 6.07) is 17.6. The van der Waals surface area contributed by atoms with Crippen molar-refractivity contribution in [1.29, 1.82) is 0 Å². The van der Waals surface area contributed by atoms with E-state index < -0.39 is 11.6 Å². The molecule has 3 rings (SSSR count). The standard InChI is InChI=1S/C30H33Cl3N2O3/c1-19-13-23(14-20(2)28(19)33)38-18-27(36)35(17-22-11-12-24(31)25(32)15-22)26(29(37)34-30(3,4)5)16-21-9-7-6-8-10-21/h6-15,26H,16-18H2,1-5H3,(H,34,37)/t26-/m0/s1. The number of nitrogens with zero attached hydrogens (tertiary/aromatic N) is 1. The van der Waals surface area contributed by atoms with Gasteiger partial charge in [-0.1, -0.05) is 71.2 Å². The van der Waals surface area contributed by atoms with Crippen molar-refractivity contribution in [2.24, 2.45) is 0 Å². The molecule has 0 aliphatic heterocycles. The van der Waals surface area contributed by atoms with E-state index in [1.807, 2.05) is 65.0 Å². The van der Waals surface area contributed by atoms with Crippen molar-refractivity contribution < 1.29 is 14.3 Å². The second-order valence-electron chi connectivity index (χ2n) is 10.4. The van der Waals surface area contributed by atoms with Gasteiger partial charge in [0, 0.05) is 23.5 Å². The topological polar surface area (TPSA) is 58.6 Å². The molecular formula is C30H33Cl3N2O3. The van der Waals surface area contributed by atoms with Crippen molar-refractivity contribution in [3.63, 3.8) is 0 Å². The quantitative estimate of drug-likeness (QED) is 0.294.